The molecule has 0 N–H and O–H groups in total. The molecule has 2 aliphatic carbocycles. The van der Waals surface area contributed by atoms with Crippen molar-refractivity contribution in [1.29, 1.82) is 0 Å². The highest BCUT2D eigenvalue weighted by Gasteiger charge is 2.61. The van der Waals surface area contributed by atoms with E-state index in [2.05, 4.69) is 76.1 Å². The predicted molar refractivity (Wildman–Crippen MR) is 107 cm³/mol. The minimum atomic E-state index is 0.191. The van der Waals surface area contributed by atoms with E-state index >= 15 is 0 Å². The largest absolute Gasteiger partial charge is 0.103 e. The normalized spacial score (nSPS) is 26.4. The molecule has 0 bridgehead atoms. The van der Waals surface area contributed by atoms with Crippen LogP contribution in [0.15, 0.2) is 85.5 Å². The van der Waals surface area contributed by atoms with Crippen LogP contribution in [0.2, 0.25) is 0 Å². The van der Waals surface area contributed by atoms with Gasteiger partial charge in [0.1, 0.15) is 0 Å². The van der Waals surface area contributed by atoms with Gasteiger partial charge in [-0.15, -0.1) is 6.58 Å². The van der Waals surface area contributed by atoms with E-state index in [-0.39, 0.29) is 5.41 Å². The quantitative estimate of drug-likeness (QED) is 0.409. The van der Waals surface area contributed by atoms with E-state index in [9.17, 15) is 0 Å². The first-order valence-electron chi connectivity index (χ1n) is 8.93. The van der Waals surface area contributed by atoms with Crippen LogP contribution in [0, 0.1) is 5.92 Å². The Bertz CT molecular complexity index is 686. The molecule has 126 valence electrons. The summed E-state index contributed by atoms with van der Waals surface area (Å²) < 4.78 is 0. The molecule has 3 atom stereocenters. The van der Waals surface area contributed by atoms with Crippen LogP contribution in [0.25, 0.3) is 0 Å². The van der Waals surface area contributed by atoms with Crippen LogP contribution in [0.4, 0.5) is 0 Å². The summed E-state index contributed by atoms with van der Waals surface area (Å²) in [7, 11) is 0. The molecule has 0 radical (unpaired) electrons. The number of fused-ring (bicyclic) bond motifs is 2. The molecule has 0 saturated heterocycles. The van der Waals surface area contributed by atoms with E-state index in [0.717, 1.165) is 12.8 Å². The standard InChI is InChI=1S/C21H24.C3H6/c1-5-8-11-17-14-16(7-3)21(17)19-13-10-9-12-18(19)20(21)15(4)6-2;1-3-2/h5-6,8-10,12-14,17,20H,2,4,7,11H2,1,3H3;3H,1H2,2H3/b8-5-;. The maximum atomic E-state index is 4.29. The zero-order valence-corrected chi connectivity index (χ0v) is 15.4. The van der Waals surface area contributed by atoms with Crippen molar-refractivity contribution in [3.8, 4) is 0 Å². The topological polar surface area (TPSA) is 0 Å². The fourth-order valence-corrected chi connectivity index (χ4v) is 4.43. The van der Waals surface area contributed by atoms with Gasteiger partial charge in [0.25, 0.3) is 0 Å². The Balaban J connectivity index is 0.000000647. The van der Waals surface area contributed by atoms with Crippen LogP contribution < -0.4 is 0 Å². The Morgan fingerprint density at radius 2 is 1.88 bits per heavy atom. The molecule has 0 heterocycles. The molecule has 0 fully saturated rings. The highest BCUT2D eigenvalue weighted by atomic mass is 14.6. The third-order valence-corrected chi connectivity index (χ3v) is 5.33. The summed E-state index contributed by atoms with van der Waals surface area (Å²) in [5, 5.41) is 0. The van der Waals surface area contributed by atoms with E-state index < -0.39 is 0 Å². The van der Waals surface area contributed by atoms with Gasteiger partial charge in [-0.05, 0) is 49.3 Å². The number of benzene rings is 1. The molecule has 0 aromatic heterocycles. The van der Waals surface area contributed by atoms with Crippen LogP contribution in [0.1, 0.15) is 50.7 Å². The van der Waals surface area contributed by atoms with Gasteiger partial charge in [0, 0.05) is 11.3 Å². The Kier molecular flexibility index (Phi) is 5.83. The smallest absolute Gasteiger partial charge is 0.0339 e. The molecule has 24 heavy (non-hydrogen) atoms. The highest BCUT2D eigenvalue weighted by molar-refractivity contribution is 5.66. The van der Waals surface area contributed by atoms with Crippen molar-refractivity contribution in [2.75, 3.05) is 0 Å². The van der Waals surface area contributed by atoms with Crippen molar-refractivity contribution in [3.63, 3.8) is 0 Å². The molecule has 0 nitrogen and oxygen atoms in total. The maximum absolute atomic E-state index is 4.29. The fraction of sp³-hybridized carbons (Fsp3) is 0.333. The lowest BCUT2D eigenvalue weighted by Gasteiger charge is -2.62. The molecule has 0 heteroatoms. The first-order chi connectivity index (χ1) is 11.6. The van der Waals surface area contributed by atoms with Crippen molar-refractivity contribution in [2.45, 2.75) is 44.9 Å². The first kappa shape index (κ1) is 18.3. The highest BCUT2D eigenvalue weighted by Crippen LogP contribution is 2.68. The van der Waals surface area contributed by atoms with Crippen molar-refractivity contribution in [3.05, 3.63) is 96.7 Å². The van der Waals surface area contributed by atoms with Crippen LogP contribution in [0.5, 0.6) is 0 Å². The second kappa shape index (κ2) is 7.66. The summed E-state index contributed by atoms with van der Waals surface area (Å²) in [4.78, 5) is 0. The van der Waals surface area contributed by atoms with Gasteiger partial charge in [-0.25, -0.2) is 0 Å². The monoisotopic (exact) mass is 318 g/mol. The van der Waals surface area contributed by atoms with E-state index in [1.165, 1.54) is 16.7 Å². The summed E-state index contributed by atoms with van der Waals surface area (Å²) in [6.07, 6.45) is 12.9. The second-order valence-electron chi connectivity index (χ2n) is 6.53. The van der Waals surface area contributed by atoms with Gasteiger partial charge in [-0.2, -0.15) is 0 Å². The summed E-state index contributed by atoms with van der Waals surface area (Å²) >= 11 is 0. The average Bonchev–Trinajstić information content (AvgIpc) is 2.56. The third-order valence-electron chi connectivity index (χ3n) is 5.33. The molecule has 1 aromatic rings. The Morgan fingerprint density at radius 3 is 2.46 bits per heavy atom. The lowest BCUT2D eigenvalue weighted by molar-refractivity contribution is 0.237. The molecule has 0 aliphatic heterocycles. The number of rotatable bonds is 5. The molecule has 2 aliphatic rings. The summed E-state index contributed by atoms with van der Waals surface area (Å²) in [5.74, 6) is 1.02. The van der Waals surface area contributed by atoms with Gasteiger partial charge in [0.2, 0.25) is 0 Å². The molecular formula is C24H30. The summed E-state index contributed by atoms with van der Waals surface area (Å²) in [6, 6.07) is 8.89. The molecule has 3 rings (SSSR count). The van der Waals surface area contributed by atoms with Gasteiger partial charge in [-0.1, -0.05) is 80.3 Å². The minimum Gasteiger partial charge on any atom is -0.103 e. The lowest BCUT2D eigenvalue weighted by atomic mass is 9.41. The van der Waals surface area contributed by atoms with E-state index in [4.69, 9.17) is 0 Å². The third kappa shape index (κ3) is 2.55. The minimum absolute atomic E-state index is 0.191. The lowest BCUT2D eigenvalue weighted by Crippen LogP contribution is -2.55. The van der Waals surface area contributed by atoms with Gasteiger partial charge in [-0.3, -0.25) is 0 Å². The molecule has 0 amide bonds. The molecule has 1 aromatic carbocycles. The van der Waals surface area contributed by atoms with Crippen LogP contribution in [-0.4, -0.2) is 0 Å². The Hall–Kier alpha value is -2.08. The second-order valence-corrected chi connectivity index (χ2v) is 6.53. The van der Waals surface area contributed by atoms with Crippen molar-refractivity contribution in [1.82, 2.24) is 0 Å². The van der Waals surface area contributed by atoms with Crippen molar-refractivity contribution < 1.29 is 0 Å². The Labute approximate surface area is 148 Å². The van der Waals surface area contributed by atoms with Crippen LogP contribution in [0.3, 0.4) is 0 Å². The zero-order chi connectivity index (χ0) is 17.7. The zero-order valence-electron chi connectivity index (χ0n) is 15.4. The van der Waals surface area contributed by atoms with Gasteiger partial charge >= 0.3 is 0 Å². The molecule has 0 saturated carbocycles. The van der Waals surface area contributed by atoms with E-state index in [1.54, 1.807) is 11.6 Å². The number of allylic oxidation sites excluding steroid dienone is 7. The van der Waals surface area contributed by atoms with Crippen LogP contribution in [-0.2, 0) is 5.41 Å². The molecule has 3 unspecified atom stereocenters. The summed E-state index contributed by atoms with van der Waals surface area (Å²) in [6.45, 7) is 17.9. The number of hydrogen-bond acceptors (Lipinski definition) is 0. The van der Waals surface area contributed by atoms with Gasteiger partial charge in [0.15, 0.2) is 0 Å². The molecular weight excluding hydrogens is 288 g/mol. The van der Waals surface area contributed by atoms with E-state index in [0.29, 0.717) is 11.8 Å². The Morgan fingerprint density at radius 1 is 1.21 bits per heavy atom. The SMILES string of the molecule is C=CC.C=CC(=C)C1c2ccccc2C12C(CC)=CC2C/C=C\C. The predicted octanol–water partition coefficient (Wildman–Crippen LogP) is 6.89. The first-order valence-corrected chi connectivity index (χ1v) is 8.93. The average molecular weight is 319 g/mol. The van der Waals surface area contributed by atoms with Gasteiger partial charge < -0.3 is 0 Å². The summed E-state index contributed by atoms with van der Waals surface area (Å²) in [5.41, 5.74) is 5.91. The molecule has 1 spiro atoms. The van der Waals surface area contributed by atoms with Crippen molar-refractivity contribution >= 4 is 0 Å². The van der Waals surface area contributed by atoms with Crippen molar-refractivity contribution in [2.24, 2.45) is 5.92 Å². The maximum Gasteiger partial charge on any atom is 0.0339 e. The fourth-order valence-electron chi connectivity index (χ4n) is 4.43. The van der Waals surface area contributed by atoms with Gasteiger partial charge in [0.05, 0.1) is 0 Å². The number of hydrogen-bond donors (Lipinski definition) is 0. The van der Waals surface area contributed by atoms with E-state index in [1.807, 2.05) is 13.0 Å². The van der Waals surface area contributed by atoms with Crippen LogP contribution >= 0.6 is 0 Å².